The fourth-order valence-corrected chi connectivity index (χ4v) is 4.04. The summed E-state index contributed by atoms with van der Waals surface area (Å²) in [6, 6.07) is 5.36. The van der Waals surface area contributed by atoms with Gasteiger partial charge in [0.05, 0.1) is 11.1 Å². The molecule has 6 amide bonds. The Labute approximate surface area is 205 Å². The number of carbonyl (C=O) groups is 6. The maximum Gasteiger partial charge on any atom is 0.314 e. The van der Waals surface area contributed by atoms with Gasteiger partial charge in [0.2, 0.25) is 11.8 Å². The number of nitrogens with one attached hydrogen (secondary N) is 3. The van der Waals surface area contributed by atoms with Crippen LogP contribution in [0.2, 0.25) is 0 Å². The summed E-state index contributed by atoms with van der Waals surface area (Å²) in [5.74, 6) is -3.10. The van der Waals surface area contributed by atoms with Crippen LogP contribution in [0.15, 0.2) is 28.8 Å². The molecule has 4 rings (SSSR count). The van der Waals surface area contributed by atoms with Gasteiger partial charge in [0.25, 0.3) is 11.8 Å². The first-order chi connectivity index (χ1) is 17.2. The van der Waals surface area contributed by atoms with Crippen molar-refractivity contribution in [1.82, 2.24) is 20.7 Å². The minimum atomic E-state index is -1.02. The summed E-state index contributed by atoms with van der Waals surface area (Å²) >= 11 is 0. The minimum absolute atomic E-state index is 0.0520. The highest BCUT2D eigenvalue weighted by Gasteiger charge is 2.44. The molecule has 0 radical (unpaired) electrons. The topological polar surface area (TPSA) is 168 Å². The van der Waals surface area contributed by atoms with Crippen molar-refractivity contribution in [1.29, 1.82) is 0 Å². The van der Waals surface area contributed by atoms with Crippen LogP contribution in [-0.2, 0) is 25.6 Å². The SMILES string of the molecule is CC(C)c1cc(NC(=O)C(=O)NCCCc2ccc3c(c2)C(=O)N(C2CCC(=O)NC2=O)C3=O)no1. The largest absolute Gasteiger partial charge is 0.359 e. The van der Waals surface area contributed by atoms with E-state index in [1.165, 1.54) is 6.07 Å². The molecule has 1 fully saturated rings. The summed E-state index contributed by atoms with van der Waals surface area (Å²) in [6.07, 6.45) is 1.08. The quantitative estimate of drug-likeness (QED) is 0.289. The highest BCUT2D eigenvalue weighted by Crippen LogP contribution is 2.28. The fourth-order valence-electron chi connectivity index (χ4n) is 4.04. The smallest absolute Gasteiger partial charge is 0.314 e. The monoisotopic (exact) mass is 495 g/mol. The van der Waals surface area contributed by atoms with Gasteiger partial charge in [-0.05, 0) is 37.0 Å². The third kappa shape index (κ3) is 5.02. The summed E-state index contributed by atoms with van der Waals surface area (Å²) in [5.41, 5.74) is 1.15. The summed E-state index contributed by atoms with van der Waals surface area (Å²) in [6.45, 7) is 4.01. The van der Waals surface area contributed by atoms with Crippen molar-refractivity contribution < 1.29 is 33.3 Å². The number of anilines is 1. The number of rotatable bonds is 7. The molecule has 1 aromatic carbocycles. The molecule has 3 heterocycles. The minimum Gasteiger partial charge on any atom is -0.359 e. The highest BCUT2D eigenvalue weighted by molar-refractivity contribution is 6.39. The van der Waals surface area contributed by atoms with E-state index in [1.54, 1.807) is 18.2 Å². The first-order valence-corrected chi connectivity index (χ1v) is 11.6. The zero-order chi connectivity index (χ0) is 26.0. The Kier molecular flexibility index (Phi) is 6.95. The molecular weight excluding hydrogens is 470 g/mol. The Morgan fingerprint density at radius 2 is 1.86 bits per heavy atom. The lowest BCUT2D eigenvalue weighted by molar-refractivity contribution is -0.136. The Bertz CT molecular complexity index is 1270. The average molecular weight is 495 g/mol. The summed E-state index contributed by atoms with van der Waals surface area (Å²) in [7, 11) is 0. The van der Waals surface area contributed by atoms with E-state index in [4.69, 9.17) is 4.52 Å². The van der Waals surface area contributed by atoms with E-state index in [0.29, 0.717) is 18.6 Å². The predicted molar refractivity (Wildman–Crippen MR) is 124 cm³/mol. The van der Waals surface area contributed by atoms with Gasteiger partial charge in [-0.2, -0.15) is 0 Å². The highest BCUT2D eigenvalue weighted by atomic mass is 16.5. The van der Waals surface area contributed by atoms with Crippen molar-refractivity contribution in [2.24, 2.45) is 0 Å². The molecule has 1 unspecified atom stereocenters. The number of aryl methyl sites for hydroxylation is 1. The van der Waals surface area contributed by atoms with E-state index in [0.717, 1.165) is 10.5 Å². The third-order valence-electron chi connectivity index (χ3n) is 5.98. The van der Waals surface area contributed by atoms with Crippen LogP contribution in [0.3, 0.4) is 0 Å². The Morgan fingerprint density at radius 3 is 2.56 bits per heavy atom. The van der Waals surface area contributed by atoms with E-state index < -0.39 is 41.5 Å². The molecule has 1 atom stereocenters. The van der Waals surface area contributed by atoms with Crippen molar-refractivity contribution in [3.05, 3.63) is 46.7 Å². The molecule has 0 aliphatic carbocycles. The molecule has 2 aliphatic rings. The van der Waals surface area contributed by atoms with Crippen molar-refractivity contribution in [2.45, 2.75) is 51.5 Å². The summed E-state index contributed by atoms with van der Waals surface area (Å²) < 4.78 is 5.07. The number of nitrogens with zero attached hydrogens (tertiary/aromatic N) is 2. The number of imide groups is 2. The number of benzene rings is 1. The average Bonchev–Trinajstić information content (AvgIpc) is 3.40. The molecule has 0 saturated carbocycles. The lowest BCUT2D eigenvalue weighted by Gasteiger charge is -2.27. The molecule has 2 aliphatic heterocycles. The van der Waals surface area contributed by atoms with E-state index >= 15 is 0 Å². The first-order valence-electron chi connectivity index (χ1n) is 11.6. The fraction of sp³-hybridized carbons (Fsp3) is 0.375. The summed E-state index contributed by atoms with van der Waals surface area (Å²) in [4.78, 5) is 74.2. The van der Waals surface area contributed by atoms with Crippen LogP contribution in [-0.4, -0.2) is 58.1 Å². The standard InChI is InChI=1S/C24H25N5O7/c1-12(2)17-11-18(28-36-17)26-22(33)21(32)25-9-3-4-13-5-6-14-15(10-13)24(35)29(23(14)34)16-7-8-19(30)27-20(16)31/h5-6,10-12,16H,3-4,7-9H2,1-2H3,(H,25,32)(H,26,28,33)(H,27,30,31). The van der Waals surface area contributed by atoms with Gasteiger partial charge in [-0.1, -0.05) is 25.1 Å². The number of hydrogen-bond donors (Lipinski definition) is 3. The van der Waals surface area contributed by atoms with E-state index in [9.17, 15) is 28.8 Å². The number of carbonyl (C=O) groups excluding carboxylic acids is 6. The number of amides is 6. The Hall–Kier alpha value is -4.35. The second-order valence-electron chi connectivity index (χ2n) is 8.91. The van der Waals surface area contributed by atoms with Crippen LogP contribution < -0.4 is 16.0 Å². The zero-order valence-electron chi connectivity index (χ0n) is 19.8. The second kappa shape index (κ2) is 10.1. The van der Waals surface area contributed by atoms with Crippen molar-refractivity contribution >= 4 is 41.3 Å². The Morgan fingerprint density at radius 1 is 1.11 bits per heavy atom. The van der Waals surface area contributed by atoms with Crippen LogP contribution >= 0.6 is 0 Å². The molecular formula is C24H25N5O7. The lowest BCUT2D eigenvalue weighted by atomic mass is 10.0. The van der Waals surface area contributed by atoms with Crippen LogP contribution in [0.5, 0.6) is 0 Å². The molecule has 0 bridgehead atoms. The van der Waals surface area contributed by atoms with Gasteiger partial charge in [0.15, 0.2) is 5.82 Å². The molecule has 1 saturated heterocycles. The number of aromatic nitrogens is 1. The van der Waals surface area contributed by atoms with Crippen molar-refractivity contribution in [2.75, 3.05) is 11.9 Å². The van der Waals surface area contributed by atoms with Crippen LogP contribution in [0, 0.1) is 0 Å². The maximum absolute atomic E-state index is 12.9. The van der Waals surface area contributed by atoms with Gasteiger partial charge in [-0.15, -0.1) is 0 Å². The van der Waals surface area contributed by atoms with E-state index in [-0.39, 0.29) is 42.2 Å². The van der Waals surface area contributed by atoms with E-state index in [2.05, 4.69) is 21.1 Å². The van der Waals surface area contributed by atoms with Gasteiger partial charge in [-0.3, -0.25) is 44.3 Å². The molecule has 3 N–H and O–H groups in total. The van der Waals surface area contributed by atoms with Gasteiger partial charge < -0.3 is 9.84 Å². The number of hydrogen-bond acceptors (Lipinski definition) is 8. The molecule has 2 aromatic rings. The van der Waals surface area contributed by atoms with Gasteiger partial charge in [0, 0.05) is 24.9 Å². The number of piperidine rings is 1. The first kappa shape index (κ1) is 24.8. The van der Waals surface area contributed by atoms with E-state index in [1.807, 2.05) is 13.8 Å². The molecule has 1 aromatic heterocycles. The van der Waals surface area contributed by atoms with Crippen LogP contribution in [0.25, 0.3) is 0 Å². The Balaban J connectivity index is 1.29. The molecule has 188 valence electrons. The zero-order valence-corrected chi connectivity index (χ0v) is 19.8. The van der Waals surface area contributed by atoms with Crippen LogP contribution in [0.1, 0.15) is 71.1 Å². The maximum atomic E-state index is 12.9. The lowest BCUT2D eigenvalue weighted by Crippen LogP contribution is -2.54. The number of fused-ring (bicyclic) bond motifs is 1. The van der Waals surface area contributed by atoms with Gasteiger partial charge >= 0.3 is 11.8 Å². The van der Waals surface area contributed by atoms with Crippen molar-refractivity contribution in [3.8, 4) is 0 Å². The molecule has 12 heteroatoms. The third-order valence-corrected chi connectivity index (χ3v) is 5.98. The molecule has 0 spiro atoms. The van der Waals surface area contributed by atoms with Crippen LogP contribution in [0.4, 0.5) is 5.82 Å². The second-order valence-corrected chi connectivity index (χ2v) is 8.91. The van der Waals surface area contributed by atoms with Gasteiger partial charge in [-0.25, -0.2) is 0 Å². The molecule has 36 heavy (non-hydrogen) atoms. The predicted octanol–water partition coefficient (Wildman–Crippen LogP) is 0.887. The van der Waals surface area contributed by atoms with Crippen molar-refractivity contribution in [3.63, 3.8) is 0 Å². The summed E-state index contributed by atoms with van der Waals surface area (Å²) in [5, 5.41) is 10.8. The van der Waals surface area contributed by atoms with Gasteiger partial charge in [0.1, 0.15) is 11.8 Å². The molecule has 12 nitrogen and oxygen atoms in total. The normalized spacial score (nSPS) is 17.3.